The van der Waals surface area contributed by atoms with Crippen LogP contribution in [0.1, 0.15) is 37.1 Å². The summed E-state index contributed by atoms with van der Waals surface area (Å²) in [4.78, 5) is 28.2. The van der Waals surface area contributed by atoms with Crippen LogP contribution in [0.5, 0.6) is 0 Å². The van der Waals surface area contributed by atoms with Crippen LogP contribution in [0.2, 0.25) is 0 Å². The molecule has 122 valence electrons. The first kappa shape index (κ1) is 16.5. The van der Waals surface area contributed by atoms with Gasteiger partial charge in [-0.15, -0.1) is 0 Å². The molecule has 2 heterocycles. The van der Waals surface area contributed by atoms with Crippen LogP contribution < -0.4 is 0 Å². The standard InChI is InChI=1S/C16H24N2O4/c1-16(2,3)15(20)18-9-7-17(8-10-18)14(19)13-6-5-12(22-13)11-21-4/h5-6H,7-11H2,1-4H3. The van der Waals surface area contributed by atoms with E-state index in [4.69, 9.17) is 9.15 Å². The molecule has 1 saturated heterocycles. The number of ether oxygens (including phenoxy) is 1. The van der Waals surface area contributed by atoms with Crippen molar-refractivity contribution in [2.75, 3.05) is 33.3 Å². The highest BCUT2D eigenvalue weighted by Crippen LogP contribution is 2.19. The predicted molar refractivity (Wildman–Crippen MR) is 81.4 cm³/mol. The molecular weight excluding hydrogens is 284 g/mol. The lowest BCUT2D eigenvalue weighted by Crippen LogP contribution is -2.53. The fourth-order valence-corrected chi connectivity index (χ4v) is 2.46. The van der Waals surface area contributed by atoms with Gasteiger partial charge in [-0.05, 0) is 12.1 Å². The average Bonchev–Trinajstić information content (AvgIpc) is 2.94. The van der Waals surface area contributed by atoms with Gasteiger partial charge in [0, 0.05) is 38.7 Å². The van der Waals surface area contributed by atoms with E-state index in [1.807, 2.05) is 25.7 Å². The number of hydrogen-bond donors (Lipinski definition) is 0. The number of carbonyl (C=O) groups is 2. The molecule has 0 N–H and O–H groups in total. The van der Waals surface area contributed by atoms with E-state index in [1.54, 1.807) is 24.1 Å². The van der Waals surface area contributed by atoms with E-state index in [0.717, 1.165) is 0 Å². The first-order valence-corrected chi connectivity index (χ1v) is 7.49. The maximum absolute atomic E-state index is 12.4. The Kier molecular flexibility index (Phi) is 4.90. The van der Waals surface area contributed by atoms with Crippen molar-refractivity contribution in [3.8, 4) is 0 Å². The molecule has 1 aliphatic rings. The zero-order valence-corrected chi connectivity index (χ0v) is 13.7. The van der Waals surface area contributed by atoms with Crippen LogP contribution >= 0.6 is 0 Å². The van der Waals surface area contributed by atoms with Crippen molar-refractivity contribution in [1.29, 1.82) is 0 Å². The van der Waals surface area contributed by atoms with Crippen molar-refractivity contribution in [3.63, 3.8) is 0 Å². The predicted octanol–water partition coefficient (Wildman–Crippen LogP) is 1.76. The van der Waals surface area contributed by atoms with Crippen LogP contribution in [0.15, 0.2) is 16.5 Å². The summed E-state index contributed by atoms with van der Waals surface area (Å²) in [6, 6.07) is 3.42. The van der Waals surface area contributed by atoms with Crippen LogP contribution in [-0.2, 0) is 16.1 Å². The summed E-state index contributed by atoms with van der Waals surface area (Å²) in [7, 11) is 1.58. The summed E-state index contributed by atoms with van der Waals surface area (Å²) in [5.41, 5.74) is -0.387. The monoisotopic (exact) mass is 308 g/mol. The van der Waals surface area contributed by atoms with E-state index in [2.05, 4.69) is 0 Å². The van der Waals surface area contributed by atoms with Crippen LogP contribution in [0.3, 0.4) is 0 Å². The number of furan rings is 1. The lowest BCUT2D eigenvalue weighted by molar-refractivity contribution is -0.140. The molecule has 1 aromatic heterocycles. The minimum absolute atomic E-state index is 0.125. The van der Waals surface area contributed by atoms with E-state index in [0.29, 0.717) is 44.3 Å². The number of methoxy groups -OCH3 is 1. The molecule has 0 aromatic carbocycles. The summed E-state index contributed by atoms with van der Waals surface area (Å²) < 4.78 is 10.4. The second-order valence-electron chi connectivity index (χ2n) is 6.53. The minimum Gasteiger partial charge on any atom is -0.453 e. The molecule has 0 aliphatic carbocycles. The molecule has 2 rings (SSSR count). The number of rotatable bonds is 3. The molecule has 0 saturated carbocycles. The lowest BCUT2D eigenvalue weighted by atomic mass is 9.94. The topological polar surface area (TPSA) is 63.0 Å². The van der Waals surface area contributed by atoms with Crippen molar-refractivity contribution in [3.05, 3.63) is 23.7 Å². The molecule has 1 aromatic rings. The van der Waals surface area contributed by atoms with Gasteiger partial charge in [0.15, 0.2) is 5.76 Å². The Bertz CT molecular complexity index is 537. The van der Waals surface area contributed by atoms with Gasteiger partial charge in [-0.25, -0.2) is 0 Å². The van der Waals surface area contributed by atoms with Crippen LogP contribution in [0, 0.1) is 5.41 Å². The summed E-state index contributed by atoms with van der Waals surface area (Å²) in [5, 5.41) is 0. The van der Waals surface area contributed by atoms with Crippen LogP contribution in [-0.4, -0.2) is 54.9 Å². The molecule has 0 atom stereocenters. The molecule has 0 unspecified atom stereocenters. The smallest absolute Gasteiger partial charge is 0.289 e. The maximum Gasteiger partial charge on any atom is 0.289 e. The fraction of sp³-hybridized carbons (Fsp3) is 0.625. The van der Waals surface area contributed by atoms with Crippen molar-refractivity contribution in [1.82, 2.24) is 9.80 Å². The zero-order chi connectivity index (χ0) is 16.3. The van der Waals surface area contributed by atoms with Gasteiger partial charge in [0.25, 0.3) is 5.91 Å². The SMILES string of the molecule is COCc1ccc(C(=O)N2CCN(C(=O)C(C)(C)C)CC2)o1. The molecule has 22 heavy (non-hydrogen) atoms. The third kappa shape index (κ3) is 3.68. The fourth-order valence-electron chi connectivity index (χ4n) is 2.46. The third-order valence-electron chi connectivity index (χ3n) is 3.65. The van der Waals surface area contributed by atoms with Gasteiger partial charge in [0.1, 0.15) is 12.4 Å². The molecule has 6 heteroatoms. The molecule has 6 nitrogen and oxygen atoms in total. The largest absolute Gasteiger partial charge is 0.453 e. The van der Waals surface area contributed by atoms with Gasteiger partial charge in [-0.1, -0.05) is 20.8 Å². The van der Waals surface area contributed by atoms with Crippen molar-refractivity contribution in [2.24, 2.45) is 5.41 Å². The normalized spacial score (nSPS) is 16.0. The number of carbonyl (C=O) groups excluding carboxylic acids is 2. The molecular formula is C16H24N2O4. The van der Waals surface area contributed by atoms with E-state index < -0.39 is 0 Å². The van der Waals surface area contributed by atoms with Crippen molar-refractivity contribution < 1.29 is 18.7 Å². The molecule has 0 radical (unpaired) electrons. The average molecular weight is 308 g/mol. The summed E-state index contributed by atoms with van der Waals surface area (Å²) in [6.07, 6.45) is 0. The Labute approximate surface area is 131 Å². The maximum atomic E-state index is 12.4. The first-order valence-electron chi connectivity index (χ1n) is 7.49. The molecule has 0 spiro atoms. The van der Waals surface area contributed by atoms with Gasteiger partial charge in [0.2, 0.25) is 5.91 Å². The molecule has 2 amide bonds. The van der Waals surface area contributed by atoms with Gasteiger partial charge in [-0.3, -0.25) is 9.59 Å². The van der Waals surface area contributed by atoms with Gasteiger partial charge < -0.3 is 19.0 Å². The lowest BCUT2D eigenvalue weighted by Gasteiger charge is -2.37. The number of amides is 2. The Morgan fingerprint density at radius 2 is 1.73 bits per heavy atom. The van der Waals surface area contributed by atoms with Crippen LogP contribution in [0.25, 0.3) is 0 Å². The second-order valence-corrected chi connectivity index (χ2v) is 6.53. The zero-order valence-electron chi connectivity index (χ0n) is 13.7. The molecule has 0 bridgehead atoms. The third-order valence-corrected chi connectivity index (χ3v) is 3.65. The summed E-state index contributed by atoms with van der Waals surface area (Å²) in [6.45, 7) is 8.26. The molecule has 1 aliphatic heterocycles. The molecule has 1 fully saturated rings. The minimum atomic E-state index is -0.387. The first-order chi connectivity index (χ1) is 10.3. The highest BCUT2D eigenvalue weighted by Gasteiger charge is 2.31. The number of nitrogens with zero attached hydrogens (tertiary/aromatic N) is 2. The van der Waals surface area contributed by atoms with Gasteiger partial charge in [-0.2, -0.15) is 0 Å². The number of piperazine rings is 1. The van der Waals surface area contributed by atoms with E-state index >= 15 is 0 Å². The Balaban J connectivity index is 1.93. The summed E-state index contributed by atoms with van der Waals surface area (Å²) >= 11 is 0. The van der Waals surface area contributed by atoms with E-state index in [-0.39, 0.29) is 17.2 Å². The Hall–Kier alpha value is -1.82. The van der Waals surface area contributed by atoms with Crippen molar-refractivity contribution >= 4 is 11.8 Å². The number of hydrogen-bond acceptors (Lipinski definition) is 4. The van der Waals surface area contributed by atoms with E-state index in [1.165, 1.54) is 0 Å². The highest BCUT2D eigenvalue weighted by atomic mass is 16.5. The quantitative estimate of drug-likeness (QED) is 0.853. The van der Waals surface area contributed by atoms with E-state index in [9.17, 15) is 9.59 Å². The van der Waals surface area contributed by atoms with Crippen molar-refractivity contribution in [2.45, 2.75) is 27.4 Å². The highest BCUT2D eigenvalue weighted by molar-refractivity contribution is 5.91. The van der Waals surface area contributed by atoms with Crippen LogP contribution in [0.4, 0.5) is 0 Å². The Morgan fingerprint density at radius 3 is 2.27 bits per heavy atom. The van der Waals surface area contributed by atoms with Gasteiger partial charge >= 0.3 is 0 Å². The van der Waals surface area contributed by atoms with Gasteiger partial charge in [0.05, 0.1) is 0 Å². The Morgan fingerprint density at radius 1 is 1.14 bits per heavy atom. The second kappa shape index (κ2) is 6.52. The summed E-state index contributed by atoms with van der Waals surface area (Å²) in [5.74, 6) is 0.945.